The molecule has 3 rings (SSSR count). The second-order valence-corrected chi connectivity index (χ2v) is 5.95. The SMILES string of the molecule is Cc1noc(C)c1C(C)NC1CCCc2cc(O)ccc21. The van der Waals surface area contributed by atoms with Gasteiger partial charge in [-0.3, -0.25) is 0 Å². The summed E-state index contributed by atoms with van der Waals surface area (Å²) in [4.78, 5) is 0. The van der Waals surface area contributed by atoms with Crippen molar-refractivity contribution in [2.75, 3.05) is 0 Å². The largest absolute Gasteiger partial charge is 0.508 e. The smallest absolute Gasteiger partial charge is 0.138 e. The summed E-state index contributed by atoms with van der Waals surface area (Å²) < 4.78 is 5.27. The molecular weight excluding hydrogens is 264 g/mol. The third-order valence-corrected chi connectivity index (χ3v) is 4.41. The Morgan fingerprint density at radius 3 is 2.90 bits per heavy atom. The molecule has 0 amide bonds. The molecule has 2 N–H and O–H groups in total. The van der Waals surface area contributed by atoms with E-state index in [-0.39, 0.29) is 6.04 Å². The first-order valence-corrected chi connectivity index (χ1v) is 7.57. The van der Waals surface area contributed by atoms with Crippen molar-refractivity contribution in [1.82, 2.24) is 10.5 Å². The molecule has 0 saturated heterocycles. The van der Waals surface area contributed by atoms with Gasteiger partial charge in [0, 0.05) is 17.6 Å². The number of aromatic nitrogens is 1. The molecule has 1 aromatic carbocycles. The highest BCUT2D eigenvalue weighted by atomic mass is 16.5. The molecule has 2 aromatic rings. The van der Waals surface area contributed by atoms with Crippen LogP contribution in [0.15, 0.2) is 22.7 Å². The van der Waals surface area contributed by atoms with Crippen LogP contribution in [0.25, 0.3) is 0 Å². The van der Waals surface area contributed by atoms with Gasteiger partial charge < -0.3 is 14.9 Å². The summed E-state index contributed by atoms with van der Waals surface area (Å²) in [7, 11) is 0. The second kappa shape index (κ2) is 5.53. The summed E-state index contributed by atoms with van der Waals surface area (Å²) in [5.41, 5.74) is 4.66. The third kappa shape index (κ3) is 2.68. The molecule has 1 heterocycles. The lowest BCUT2D eigenvalue weighted by atomic mass is 9.87. The normalized spacial score (nSPS) is 19.3. The molecule has 0 fully saturated rings. The first kappa shape index (κ1) is 14.1. The van der Waals surface area contributed by atoms with Crippen molar-refractivity contribution in [3.63, 3.8) is 0 Å². The van der Waals surface area contributed by atoms with Crippen molar-refractivity contribution in [3.05, 3.63) is 46.3 Å². The van der Waals surface area contributed by atoms with Crippen LogP contribution in [0.4, 0.5) is 0 Å². The Morgan fingerprint density at radius 1 is 1.38 bits per heavy atom. The van der Waals surface area contributed by atoms with Crippen LogP contribution < -0.4 is 5.32 Å². The molecule has 0 bridgehead atoms. The van der Waals surface area contributed by atoms with E-state index in [4.69, 9.17) is 4.52 Å². The standard InChI is InChI=1S/C17H22N2O2/c1-10(17-11(2)19-21-12(17)3)18-16-6-4-5-13-9-14(20)7-8-15(13)16/h7-10,16,18,20H,4-6H2,1-3H3. The van der Waals surface area contributed by atoms with Gasteiger partial charge in [0.05, 0.1) is 5.69 Å². The minimum Gasteiger partial charge on any atom is -0.508 e. The fourth-order valence-corrected chi connectivity index (χ4v) is 3.47. The van der Waals surface area contributed by atoms with Gasteiger partial charge in [0.1, 0.15) is 11.5 Å². The lowest BCUT2D eigenvalue weighted by molar-refractivity contribution is 0.384. The fraction of sp³-hybridized carbons (Fsp3) is 0.471. The lowest BCUT2D eigenvalue weighted by Gasteiger charge is -2.29. The molecule has 112 valence electrons. The highest BCUT2D eigenvalue weighted by molar-refractivity contribution is 5.38. The predicted molar refractivity (Wildman–Crippen MR) is 81.3 cm³/mol. The number of fused-ring (bicyclic) bond motifs is 1. The van der Waals surface area contributed by atoms with Crippen molar-refractivity contribution in [2.45, 2.75) is 52.1 Å². The van der Waals surface area contributed by atoms with Gasteiger partial charge in [-0.25, -0.2) is 0 Å². The molecule has 2 atom stereocenters. The molecule has 0 radical (unpaired) electrons. The highest BCUT2D eigenvalue weighted by Gasteiger charge is 2.24. The van der Waals surface area contributed by atoms with Gasteiger partial charge in [-0.1, -0.05) is 11.2 Å². The number of hydrogen-bond donors (Lipinski definition) is 2. The molecule has 1 aliphatic rings. The first-order chi connectivity index (χ1) is 10.1. The van der Waals surface area contributed by atoms with Gasteiger partial charge in [0.25, 0.3) is 0 Å². The number of aryl methyl sites for hydroxylation is 3. The molecule has 2 unspecified atom stereocenters. The van der Waals surface area contributed by atoms with Gasteiger partial charge >= 0.3 is 0 Å². The Morgan fingerprint density at radius 2 is 2.19 bits per heavy atom. The van der Waals surface area contributed by atoms with E-state index in [1.54, 1.807) is 6.07 Å². The maximum absolute atomic E-state index is 9.64. The van der Waals surface area contributed by atoms with Crippen molar-refractivity contribution in [3.8, 4) is 5.75 Å². The van der Waals surface area contributed by atoms with E-state index in [2.05, 4.69) is 17.4 Å². The van der Waals surface area contributed by atoms with Crippen molar-refractivity contribution in [2.24, 2.45) is 0 Å². The molecule has 4 nitrogen and oxygen atoms in total. The van der Waals surface area contributed by atoms with Crippen LogP contribution in [0.5, 0.6) is 5.75 Å². The van der Waals surface area contributed by atoms with E-state index in [1.807, 2.05) is 26.0 Å². The van der Waals surface area contributed by atoms with E-state index in [0.29, 0.717) is 11.8 Å². The monoisotopic (exact) mass is 286 g/mol. The van der Waals surface area contributed by atoms with Crippen LogP contribution in [-0.2, 0) is 6.42 Å². The summed E-state index contributed by atoms with van der Waals surface area (Å²) in [6.07, 6.45) is 3.30. The average molecular weight is 286 g/mol. The number of aromatic hydroxyl groups is 1. The predicted octanol–water partition coefficient (Wildman–Crippen LogP) is 3.73. The van der Waals surface area contributed by atoms with Crippen LogP contribution in [-0.4, -0.2) is 10.3 Å². The van der Waals surface area contributed by atoms with Gasteiger partial charge in [-0.2, -0.15) is 0 Å². The number of nitrogens with one attached hydrogen (secondary N) is 1. The number of benzene rings is 1. The summed E-state index contributed by atoms with van der Waals surface area (Å²) >= 11 is 0. The number of hydrogen-bond acceptors (Lipinski definition) is 4. The molecule has 21 heavy (non-hydrogen) atoms. The van der Waals surface area contributed by atoms with E-state index < -0.39 is 0 Å². The summed E-state index contributed by atoms with van der Waals surface area (Å²) in [5.74, 6) is 1.24. The fourth-order valence-electron chi connectivity index (χ4n) is 3.47. The number of rotatable bonds is 3. The van der Waals surface area contributed by atoms with Gasteiger partial charge in [0.2, 0.25) is 0 Å². The molecule has 0 aliphatic heterocycles. The van der Waals surface area contributed by atoms with E-state index in [9.17, 15) is 5.11 Å². The van der Waals surface area contributed by atoms with Crippen LogP contribution in [0.1, 0.15) is 60.0 Å². The second-order valence-electron chi connectivity index (χ2n) is 5.95. The Hall–Kier alpha value is -1.81. The topological polar surface area (TPSA) is 58.3 Å². The Bertz CT molecular complexity index is 629. The number of nitrogens with zero attached hydrogens (tertiary/aromatic N) is 1. The molecule has 1 aliphatic carbocycles. The van der Waals surface area contributed by atoms with Gasteiger partial charge in [0.15, 0.2) is 0 Å². The minimum atomic E-state index is 0.195. The minimum absolute atomic E-state index is 0.195. The van der Waals surface area contributed by atoms with Crippen LogP contribution in [0, 0.1) is 13.8 Å². The summed E-state index contributed by atoms with van der Waals surface area (Å²) in [6.45, 7) is 6.10. The maximum Gasteiger partial charge on any atom is 0.138 e. The van der Waals surface area contributed by atoms with Crippen molar-refractivity contribution in [1.29, 1.82) is 0 Å². The molecule has 0 spiro atoms. The molecular formula is C17H22N2O2. The third-order valence-electron chi connectivity index (χ3n) is 4.41. The summed E-state index contributed by atoms with van der Waals surface area (Å²) in [6, 6.07) is 6.23. The van der Waals surface area contributed by atoms with Crippen molar-refractivity contribution < 1.29 is 9.63 Å². The molecule has 4 heteroatoms. The highest BCUT2D eigenvalue weighted by Crippen LogP contribution is 2.34. The van der Waals surface area contributed by atoms with Crippen LogP contribution in [0.2, 0.25) is 0 Å². The molecule has 1 aromatic heterocycles. The zero-order valence-corrected chi connectivity index (χ0v) is 12.8. The van der Waals surface area contributed by atoms with Gasteiger partial charge in [-0.15, -0.1) is 0 Å². The Kier molecular flexibility index (Phi) is 3.72. The first-order valence-electron chi connectivity index (χ1n) is 7.57. The van der Waals surface area contributed by atoms with E-state index in [1.165, 1.54) is 11.1 Å². The van der Waals surface area contributed by atoms with Crippen molar-refractivity contribution >= 4 is 0 Å². The van der Waals surface area contributed by atoms with Crippen LogP contribution in [0.3, 0.4) is 0 Å². The zero-order chi connectivity index (χ0) is 15.0. The van der Waals surface area contributed by atoms with E-state index >= 15 is 0 Å². The number of phenols is 1. The number of phenolic OH excluding ortho intramolecular Hbond substituents is 1. The average Bonchev–Trinajstić information content (AvgIpc) is 2.78. The van der Waals surface area contributed by atoms with Gasteiger partial charge in [-0.05, 0) is 63.3 Å². The van der Waals surface area contributed by atoms with E-state index in [0.717, 1.165) is 36.3 Å². The Labute approximate surface area is 125 Å². The maximum atomic E-state index is 9.64. The summed E-state index contributed by atoms with van der Waals surface area (Å²) in [5, 5.41) is 17.4. The lowest BCUT2D eigenvalue weighted by Crippen LogP contribution is -2.28. The zero-order valence-electron chi connectivity index (χ0n) is 12.8. The quantitative estimate of drug-likeness (QED) is 0.902. The molecule has 0 saturated carbocycles. The Balaban J connectivity index is 1.84. The van der Waals surface area contributed by atoms with Crippen LogP contribution >= 0.6 is 0 Å².